The van der Waals surface area contributed by atoms with Gasteiger partial charge < -0.3 is 9.80 Å². The maximum Gasteiger partial charge on any atom is 0.264 e. The lowest BCUT2D eigenvalue weighted by atomic mass is 10.3. The molecule has 1 aliphatic rings. The van der Waals surface area contributed by atoms with Crippen LogP contribution in [0.15, 0.2) is 24.5 Å². The summed E-state index contributed by atoms with van der Waals surface area (Å²) in [5.74, 6) is 2.44. The third-order valence-electron chi connectivity index (χ3n) is 4.98. The largest absolute Gasteiger partial charge is 0.353 e. The van der Waals surface area contributed by atoms with Gasteiger partial charge in [-0.25, -0.2) is 15.0 Å². The van der Waals surface area contributed by atoms with Crippen molar-refractivity contribution < 1.29 is 4.79 Å². The van der Waals surface area contributed by atoms with Gasteiger partial charge in [-0.05, 0) is 32.9 Å². The predicted octanol–water partition coefficient (Wildman–Crippen LogP) is 3.26. The third kappa shape index (κ3) is 3.62. The van der Waals surface area contributed by atoms with Gasteiger partial charge in [-0.2, -0.15) is 0 Å². The highest BCUT2D eigenvalue weighted by molar-refractivity contribution is 7.17. The van der Waals surface area contributed by atoms with Gasteiger partial charge in [0.15, 0.2) is 0 Å². The number of carbonyl (C=O) groups is 1. The molecule has 146 valence electrons. The van der Waals surface area contributed by atoms with Crippen LogP contribution in [-0.4, -0.2) is 56.5 Å². The van der Waals surface area contributed by atoms with E-state index >= 15 is 0 Å². The summed E-state index contributed by atoms with van der Waals surface area (Å²) >= 11 is 7.28. The number of rotatable bonds is 3. The molecule has 0 atom stereocenters. The monoisotopic (exact) mass is 416 g/mol. The van der Waals surface area contributed by atoms with Crippen molar-refractivity contribution in [3.8, 4) is 5.82 Å². The molecule has 1 saturated heterocycles. The number of halogens is 1. The average Bonchev–Trinajstić information content (AvgIpc) is 3.27. The molecule has 1 aliphatic heterocycles. The predicted molar refractivity (Wildman–Crippen MR) is 111 cm³/mol. The summed E-state index contributed by atoms with van der Waals surface area (Å²) in [7, 11) is 0. The molecule has 0 unspecified atom stereocenters. The van der Waals surface area contributed by atoms with Crippen LogP contribution in [0, 0.1) is 20.8 Å². The zero-order chi connectivity index (χ0) is 19.8. The molecule has 28 heavy (non-hydrogen) atoms. The van der Waals surface area contributed by atoms with E-state index in [0.717, 1.165) is 36.1 Å². The van der Waals surface area contributed by atoms with Crippen molar-refractivity contribution in [1.29, 1.82) is 0 Å². The summed E-state index contributed by atoms with van der Waals surface area (Å²) in [5.41, 5.74) is 2.05. The molecule has 0 aromatic carbocycles. The normalized spacial score (nSPS) is 14.6. The number of hydrogen-bond acceptors (Lipinski definition) is 6. The molecule has 0 N–H and O–H groups in total. The van der Waals surface area contributed by atoms with Crippen molar-refractivity contribution in [2.75, 3.05) is 31.1 Å². The van der Waals surface area contributed by atoms with Crippen LogP contribution in [0.3, 0.4) is 0 Å². The number of nitrogens with zero attached hydrogens (tertiary/aromatic N) is 6. The number of aryl methyl sites for hydroxylation is 2. The maximum atomic E-state index is 12.6. The van der Waals surface area contributed by atoms with Gasteiger partial charge in [0.1, 0.15) is 23.8 Å². The minimum atomic E-state index is 0.0422. The molecule has 0 radical (unpaired) electrons. The summed E-state index contributed by atoms with van der Waals surface area (Å²) in [6.07, 6.45) is 1.79. The van der Waals surface area contributed by atoms with E-state index in [0.29, 0.717) is 28.1 Å². The first-order chi connectivity index (χ1) is 13.4. The minimum Gasteiger partial charge on any atom is -0.353 e. The molecular formula is C19H21ClN6OS. The number of aromatic nitrogens is 4. The van der Waals surface area contributed by atoms with Crippen molar-refractivity contribution in [1.82, 2.24) is 24.4 Å². The number of piperazine rings is 1. The van der Waals surface area contributed by atoms with Gasteiger partial charge in [0.2, 0.25) is 0 Å². The Labute approximate surface area is 172 Å². The van der Waals surface area contributed by atoms with E-state index in [1.54, 1.807) is 18.5 Å². The number of carbonyl (C=O) groups excluding carboxylic acids is 1. The zero-order valence-electron chi connectivity index (χ0n) is 16.0. The average molecular weight is 417 g/mol. The second kappa shape index (κ2) is 7.52. The highest BCUT2D eigenvalue weighted by atomic mass is 35.5. The summed E-state index contributed by atoms with van der Waals surface area (Å²) in [6.45, 7) is 8.65. The van der Waals surface area contributed by atoms with Crippen LogP contribution in [0.1, 0.15) is 26.9 Å². The maximum absolute atomic E-state index is 12.6. The summed E-state index contributed by atoms with van der Waals surface area (Å²) in [4.78, 5) is 30.9. The second-order valence-electron chi connectivity index (χ2n) is 6.80. The Bertz CT molecular complexity index is 1020. The van der Waals surface area contributed by atoms with E-state index in [1.165, 1.54) is 11.3 Å². The fourth-order valence-corrected chi connectivity index (χ4v) is 4.29. The lowest BCUT2D eigenvalue weighted by Gasteiger charge is -2.35. The van der Waals surface area contributed by atoms with Crippen LogP contribution in [-0.2, 0) is 0 Å². The van der Waals surface area contributed by atoms with Gasteiger partial charge >= 0.3 is 0 Å². The quantitative estimate of drug-likeness (QED) is 0.655. The number of amides is 1. The van der Waals surface area contributed by atoms with Crippen LogP contribution in [0.25, 0.3) is 5.82 Å². The van der Waals surface area contributed by atoms with Gasteiger partial charge in [-0.15, -0.1) is 11.3 Å². The molecule has 1 amide bonds. The first kappa shape index (κ1) is 18.9. The van der Waals surface area contributed by atoms with Gasteiger partial charge in [-0.3, -0.25) is 9.36 Å². The van der Waals surface area contributed by atoms with E-state index in [9.17, 15) is 4.79 Å². The molecule has 9 heteroatoms. The molecule has 3 aromatic heterocycles. The molecule has 0 bridgehead atoms. The Hall–Kier alpha value is -2.45. The Morgan fingerprint density at radius 1 is 1.07 bits per heavy atom. The summed E-state index contributed by atoms with van der Waals surface area (Å²) in [5, 5.41) is 0. The molecule has 0 aliphatic carbocycles. The highest BCUT2D eigenvalue weighted by Gasteiger charge is 2.24. The molecule has 4 heterocycles. The first-order valence-electron chi connectivity index (χ1n) is 9.08. The fourth-order valence-electron chi connectivity index (χ4n) is 3.28. The van der Waals surface area contributed by atoms with E-state index in [1.807, 2.05) is 36.3 Å². The summed E-state index contributed by atoms with van der Waals surface area (Å²) in [6, 6.07) is 5.54. The molecule has 0 saturated carbocycles. The van der Waals surface area contributed by atoms with E-state index in [-0.39, 0.29) is 5.91 Å². The van der Waals surface area contributed by atoms with Gasteiger partial charge in [0, 0.05) is 37.9 Å². The lowest BCUT2D eigenvalue weighted by molar-refractivity contribution is 0.0751. The Morgan fingerprint density at radius 3 is 2.39 bits per heavy atom. The van der Waals surface area contributed by atoms with Crippen LogP contribution in [0.2, 0.25) is 4.34 Å². The van der Waals surface area contributed by atoms with Crippen LogP contribution < -0.4 is 4.90 Å². The summed E-state index contributed by atoms with van der Waals surface area (Å²) < 4.78 is 2.62. The number of imidazole rings is 1. The van der Waals surface area contributed by atoms with E-state index < -0.39 is 0 Å². The van der Waals surface area contributed by atoms with Gasteiger partial charge in [0.25, 0.3) is 5.91 Å². The van der Waals surface area contributed by atoms with E-state index in [2.05, 4.69) is 19.9 Å². The van der Waals surface area contributed by atoms with Crippen LogP contribution >= 0.6 is 22.9 Å². The molecule has 0 spiro atoms. The van der Waals surface area contributed by atoms with Crippen LogP contribution in [0.4, 0.5) is 5.82 Å². The molecule has 3 aromatic rings. The Morgan fingerprint density at radius 2 is 1.79 bits per heavy atom. The van der Waals surface area contributed by atoms with Gasteiger partial charge in [-0.1, -0.05) is 11.6 Å². The zero-order valence-corrected chi connectivity index (χ0v) is 17.6. The lowest BCUT2D eigenvalue weighted by Crippen LogP contribution is -2.49. The Kier molecular flexibility index (Phi) is 5.07. The number of hydrogen-bond donors (Lipinski definition) is 0. The standard InChI is InChI=1S/C19H21ClN6OS/c1-12-13(2)26(11-21-12)18-10-17(22-14(3)23-18)24-6-8-25(9-7-24)19(27)15-4-5-16(20)28-15/h4-5,10-11H,6-9H2,1-3H3. The molecular weight excluding hydrogens is 396 g/mol. The van der Waals surface area contributed by atoms with Crippen LogP contribution in [0.5, 0.6) is 0 Å². The first-order valence-corrected chi connectivity index (χ1v) is 10.3. The van der Waals surface area contributed by atoms with Crippen molar-refractivity contribution in [2.24, 2.45) is 0 Å². The molecule has 4 rings (SSSR count). The van der Waals surface area contributed by atoms with Crippen molar-refractivity contribution >= 4 is 34.7 Å². The Balaban J connectivity index is 1.50. The van der Waals surface area contributed by atoms with Crippen molar-refractivity contribution in [2.45, 2.75) is 20.8 Å². The molecule has 7 nitrogen and oxygen atoms in total. The van der Waals surface area contributed by atoms with Crippen molar-refractivity contribution in [3.05, 3.63) is 51.0 Å². The topological polar surface area (TPSA) is 67.2 Å². The highest BCUT2D eigenvalue weighted by Crippen LogP contribution is 2.24. The minimum absolute atomic E-state index is 0.0422. The number of thiophene rings is 1. The second-order valence-corrected chi connectivity index (χ2v) is 8.52. The van der Waals surface area contributed by atoms with Crippen molar-refractivity contribution in [3.63, 3.8) is 0 Å². The van der Waals surface area contributed by atoms with E-state index in [4.69, 9.17) is 11.6 Å². The number of anilines is 1. The SMILES string of the molecule is Cc1nc(N2CCN(C(=O)c3ccc(Cl)s3)CC2)cc(-n2cnc(C)c2C)n1. The molecule has 1 fully saturated rings. The fraction of sp³-hybridized carbons (Fsp3) is 0.368. The smallest absolute Gasteiger partial charge is 0.264 e. The third-order valence-corrected chi connectivity index (χ3v) is 6.20. The van der Waals surface area contributed by atoms with Gasteiger partial charge in [0.05, 0.1) is 14.9 Å².